The van der Waals surface area contributed by atoms with Crippen LogP contribution in [-0.2, 0) is 10.1 Å². The Kier molecular flexibility index (Phi) is 12.5. The van der Waals surface area contributed by atoms with Gasteiger partial charge in [-0.2, -0.15) is 8.42 Å². The van der Waals surface area contributed by atoms with E-state index in [9.17, 15) is 8.42 Å². The Morgan fingerprint density at radius 1 is 0.950 bits per heavy atom. The van der Waals surface area contributed by atoms with Crippen molar-refractivity contribution in [2.75, 3.05) is 12.3 Å². The zero-order valence-electron chi connectivity index (χ0n) is 13.2. The maximum absolute atomic E-state index is 10.6. The molecule has 0 amide bonds. The van der Waals surface area contributed by atoms with Crippen LogP contribution in [0.25, 0.3) is 0 Å². The highest BCUT2D eigenvalue weighted by molar-refractivity contribution is 7.85. The van der Waals surface area contributed by atoms with Gasteiger partial charge in [-0.1, -0.05) is 64.7 Å². The quantitative estimate of drug-likeness (QED) is 0.379. The van der Waals surface area contributed by atoms with Gasteiger partial charge in [-0.25, -0.2) is 0 Å². The maximum atomic E-state index is 10.6. The molecule has 0 fully saturated rings. The molecule has 0 aliphatic heterocycles. The summed E-state index contributed by atoms with van der Waals surface area (Å²) in [4.78, 5) is 0. The van der Waals surface area contributed by atoms with Crippen molar-refractivity contribution in [1.82, 2.24) is 5.32 Å². The summed E-state index contributed by atoms with van der Waals surface area (Å²) >= 11 is 0. The van der Waals surface area contributed by atoms with Gasteiger partial charge in [-0.3, -0.25) is 4.55 Å². The summed E-state index contributed by atoms with van der Waals surface area (Å²) in [6.45, 7) is 4.64. The van der Waals surface area contributed by atoms with Crippen molar-refractivity contribution in [3.63, 3.8) is 0 Å². The molecule has 0 bridgehead atoms. The average molecular weight is 308 g/mol. The molecule has 20 heavy (non-hydrogen) atoms. The van der Waals surface area contributed by atoms with Gasteiger partial charge in [0.2, 0.25) is 0 Å². The van der Waals surface area contributed by atoms with E-state index in [1.165, 1.54) is 57.8 Å². The molecule has 122 valence electrons. The predicted molar refractivity (Wildman–Crippen MR) is 85.7 cm³/mol. The Labute approximate surface area is 125 Å². The Morgan fingerprint density at radius 3 is 1.95 bits per heavy atom. The lowest BCUT2D eigenvalue weighted by Crippen LogP contribution is -2.30. The van der Waals surface area contributed by atoms with Crippen molar-refractivity contribution in [3.8, 4) is 0 Å². The van der Waals surface area contributed by atoms with E-state index in [2.05, 4.69) is 19.2 Å². The van der Waals surface area contributed by atoms with Gasteiger partial charge >= 0.3 is 0 Å². The smallest absolute Gasteiger partial charge is 0.266 e. The zero-order valence-corrected chi connectivity index (χ0v) is 14.1. The van der Waals surface area contributed by atoms with Gasteiger partial charge in [0.25, 0.3) is 10.1 Å². The van der Waals surface area contributed by atoms with Gasteiger partial charge in [0.15, 0.2) is 0 Å². The van der Waals surface area contributed by atoms with E-state index in [4.69, 9.17) is 4.55 Å². The standard InChI is InChI=1S/C15H33NO3S/c1-3-4-5-6-7-8-9-10-11-12-15(2)16-13-14-20(17,18)19/h15-16H,3-14H2,1-2H3,(H,17,18,19). The summed E-state index contributed by atoms with van der Waals surface area (Å²) in [5.41, 5.74) is 0. The molecule has 5 heteroatoms. The molecule has 0 aromatic rings. The first-order chi connectivity index (χ1) is 9.45. The van der Waals surface area contributed by atoms with Gasteiger partial charge < -0.3 is 5.32 Å². The van der Waals surface area contributed by atoms with E-state index in [0.717, 1.165) is 6.42 Å². The molecule has 0 radical (unpaired) electrons. The Morgan fingerprint density at radius 2 is 1.45 bits per heavy atom. The fraction of sp³-hybridized carbons (Fsp3) is 1.00. The third kappa shape index (κ3) is 15.9. The van der Waals surface area contributed by atoms with E-state index >= 15 is 0 Å². The maximum Gasteiger partial charge on any atom is 0.266 e. The Balaban J connectivity index is 3.25. The van der Waals surface area contributed by atoms with Gasteiger partial charge in [-0.15, -0.1) is 0 Å². The van der Waals surface area contributed by atoms with Crippen LogP contribution in [-0.4, -0.2) is 31.3 Å². The molecule has 0 aromatic carbocycles. The minimum Gasteiger partial charge on any atom is -0.313 e. The van der Waals surface area contributed by atoms with Crippen molar-refractivity contribution < 1.29 is 13.0 Å². The highest BCUT2D eigenvalue weighted by Crippen LogP contribution is 2.11. The second kappa shape index (κ2) is 12.6. The molecule has 1 unspecified atom stereocenters. The third-order valence-electron chi connectivity index (χ3n) is 3.59. The number of nitrogens with one attached hydrogen (secondary N) is 1. The Hall–Kier alpha value is -0.130. The normalized spacial score (nSPS) is 13.6. The van der Waals surface area contributed by atoms with Crippen LogP contribution in [0.15, 0.2) is 0 Å². The molecule has 0 aromatic heterocycles. The largest absolute Gasteiger partial charge is 0.313 e. The minimum atomic E-state index is -3.82. The van der Waals surface area contributed by atoms with Crippen molar-refractivity contribution in [3.05, 3.63) is 0 Å². The molecule has 2 N–H and O–H groups in total. The SMILES string of the molecule is CCCCCCCCCCCC(C)NCCS(=O)(=O)O. The van der Waals surface area contributed by atoms with Crippen molar-refractivity contribution in [1.29, 1.82) is 0 Å². The summed E-state index contributed by atoms with van der Waals surface area (Å²) < 4.78 is 29.7. The number of hydrogen-bond acceptors (Lipinski definition) is 3. The Bertz CT molecular complexity index is 304. The fourth-order valence-corrected chi connectivity index (χ4v) is 2.67. The van der Waals surface area contributed by atoms with E-state index in [1.54, 1.807) is 0 Å². The lowest BCUT2D eigenvalue weighted by atomic mass is 10.0. The van der Waals surface area contributed by atoms with E-state index in [-0.39, 0.29) is 5.75 Å². The molecule has 0 heterocycles. The number of unbranched alkanes of at least 4 members (excludes halogenated alkanes) is 8. The topological polar surface area (TPSA) is 66.4 Å². The van der Waals surface area contributed by atoms with Gasteiger partial charge in [0.1, 0.15) is 0 Å². The van der Waals surface area contributed by atoms with Gasteiger partial charge in [-0.05, 0) is 13.3 Å². The molecule has 4 nitrogen and oxygen atoms in total. The first-order valence-corrected chi connectivity index (χ1v) is 9.75. The lowest BCUT2D eigenvalue weighted by Gasteiger charge is -2.12. The minimum absolute atomic E-state index is 0.199. The van der Waals surface area contributed by atoms with Crippen LogP contribution in [0.4, 0.5) is 0 Å². The average Bonchev–Trinajstić information content (AvgIpc) is 2.35. The molecule has 0 rings (SSSR count). The highest BCUT2D eigenvalue weighted by Gasteiger charge is 2.06. The van der Waals surface area contributed by atoms with Crippen molar-refractivity contribution in [2.45, 2.75) is 84.1 Å². The summed E-state index contributed by atoms with van der Waals surface area (Å²) in [6.07, 6.45) is 13.0. The first kappa shape index (κ1) is 19.9. The molecule has 0 saturated heterocycles. The molecule has 0 aliphatic carbocycles. The molecule has 0 spiro atoms. The molecule has 0 aliphatic rings. The fourth-order valence-electron chi connectivity index (χ4n) is 2.30. The van der Waals surface area contributed by atoms with Crippen molar-refractivity contribution in [2.24, 2.45) is 0 Å². The van der Waals surface area contributed by atoms with E-state index in [1.807, 2.05) is 0 Å². The molecule has 0 saturated carbocycles. The van der Waals surface area contributed by atoms with Crippen LogP contribution in [0.2, 0.25) is 0 Å². The zero-order chi connectivity index (χ0) is 15.3. The highest BCUT2D eigenvalue weighted by atomic mass is 32.2. The lowest BCUT2D eigenvalue weighted by molar-refractivity contribution is 0.465. The van der Waals surface area contributed by atoms with E-state index in [0.29, 0.717) is 12.6 Å². The van der Waals surface area contributed by atoms with Crippen LogP contribution >= 0.6 is 0 Å². The first-order valence-electron chi connectivity index (χ1n) is 8.14. The van der Waals surface area contributed by atoms with Crippen LogP contribution in [0.5, 0.6) is 0 Å². The molecular weight excluding hydrogens is 274 g/mol. The van der Waals surface area contributed by atoms with E-state index < -0.39 is 10.1 Å². The van der Waals surface area contributed by atoms with Crippen LogP contribution in [0.3, 0.4) is 0 Å². The summed E-state index contributed by atoms with van der Waals surface area (Å²) in [7, 11) is -3.82. The molecule has 1 atom stereocenters. The van der Waals surface area contributed by atoms with Crippen molar-refractivity contribution >= 4 is 10.1 Å². The number of rotatable bonds is 14. The summed E-state index contributed by atoms with van der Waals surface area (Å²) in [5.74, 6) is -0.199. The molecular formula is C15H33NO3S. The summed E-state index contributed by atoms with van der Waals surface area (Å²) in [5, 5.41) is 3.13. The summed E-state index contributed by atoms with van der Waals surface area (Å²) in [6, 6.07) is 0.321. The van der Waals surface area contributed by atoms with Crippen LogP contribution < -0.4 is 5.32 Å². The van der Waals surface area contributed by atoms with Gasteiger partial charge in [0, 0.05) is 12.6 Å². The second-order valence-corrected chi connectivity index (χ2v) is 7.33. The third-order valence-corrected chi connectivity index (χ3v) is 4.31. The monoisotopic (exact) mass is 307 g/mol. The van der Waals surface area contributed by atoms with Crippen LogP contribution in [0.1, 0.15) is 78.1 Å². The van der Waals surface area contributed by atoms with Gasteiger partial charge in [0.05, 0.1) is 5.75 Å². The predicted octanol–water partition coefficient (Wildman–Crippen LogP) is 3.77. The van der Waals surface area contributed by atoms with Crippen LogP contribution in [0, 0.1) is 0 Å². The number of hydrogen-bond donors (Lipinski definition) is 2. The second-order valence-electron chi connectivity index (χ2n) is 5.76.